The van der Waals surface area contributed by atoms with Gasteiger partial charge in [0.05, 0.1) is 37.9 Å². The molecule has 2 N–H and O–H groups in total. The second-order valence-corrected chi connectivity index (χ2v) is 8.83. The molecule has 0 saturated heterocycles. The monoisotopic (exact) mass is 468 g/mol. The lowest BCUT2D eigenvalue weighted by Crippen LogP contribution is -2.31. The smallest absolute Gasteiger partial charge is 0.261 e. The highest BCUT2D eigenvalue weighted by atomic mass is 16.5. The van der Waals surface area contributed by atoms with Crippen LogP contribution in [0.4, 0.5) is 11.5 Å². The average molecular weight is 469 g/mol. The molecule has 1 aromatic carbocycles. The summed E-state index contributed by atoms with van der Waals surface area (Å²) in [5.74, 6) is 1.81. The summed E-state index contributed by atoms with van der Waals surface area (Å²) in [4.78, 5) is 33.1. The number of ether oxygens (including phenoxy) is 2. The molecular weight excluding hydrogens is 444 g/mol. The number of fused-ring (bicyclic) bond motifs is 3. The molecule has 4 heterocycles. The zero-order valence-electron chi connectivity index (χ0n) is 19.3. The summed E-state index contributed by atoms with van der Waals surface area (Å²) in [6, 6.07) is 9.55. The molecule has 9 nitrogen and oxygen atoms in total. The van der Waals surface area contributed by atoms with E-state index >= 15 is 0 Å². The number of nitrogens with two attached hydrogens (primary N) is 1. The third kappa shape index (κ3) is 3.93. The lowest BCUT2D eigenvalue weighted by atomic mass is 10.0. The first kappa shape index (κ1) is 21.4. The van der Waals surface area contributed by atoms with E-state index in [2.05, 4.69) is 19.9 Å². The van der Waals surface area contributed by atoms with E-state index in [9.17, 15) is 4.79 Å². The van der Waals surface area contributed by atoms with Gasteiger partial charge in [-0.1, -0.05) is 12.1 Å². The number of aromatic nitrogens is 4. The number of pyridine rings is 2. The van der Waals surface area contributed by atoms with Crippen molar-refractivity contribution in [1.82, 2.24) is 19.9 Å². The van der Waals surface area contributed by atoms with Crippen LogP contribution in [0.1, 0.15) is 51.6 Å². The molecule has 9 heteroatoms. The summed E-state index contributed by atoms with van der Waals surface area (Å²) in [5, 5.41) is 1.01. The summed E-state index contributed by atoms with van der Waals surface area (Å²) in [6.07, 6.45) is 7.03. The molecule has 3 aromatic heterocycles. The molecule has 176 valence electrons. The Morgan fingerprint density at radius 2 is 1.94 bits per heavy atom. The van der Waals surface area contributed by atoms with Crippen LogP contribution in [0, 0.1) is 0 Å². The van der Waals surface area contributed by atoms with Crippen molar-refractivity contribution in [2.24, 2.45) is 0 Å². The highest BCUT2D eigenvalue weighted by Crippen LogP contribution is 2.38. The van der Waals surface area contributed by atoms with Crippen LogP contribution in [0.15, 0.2) is 48.9 Å². The minimum absolute atomic E-state index is 0.242. The minimum Gasteiger partial charge on any atom is -0.480 e. The summed E-state index contributed by atoms with van der Waals surface area (Å²) < 4.78 is 11.1. The Bertz CT molecular complexity index is 1440. The molecule has 0 unspecified atom stereocenters. The van der Waals surface area contributed by atoms with Gasteiger partial charge in [-0.05, 0) is 42.2 Å². The molecule has 0 bridgehead atoms. The number of carbonyl (C=O) groups excluding carboxylic acids is 1. The first-order chi connectivity index (χ1) is 17.1. The van der Waals surface area contributed by atoms with Crippen molar-refractivity contribution in [1.29, 1.82) is 0 Å². The van der Waals surface area contributed by atoms with Gasteiger partial charge in [-0.25, -0.2) is 19.9 Å². The predicted octanol–water partition coefficient (Wildman–Crippen LogP) is 3.77. The van der Waals surface area contributed by atoms with Gasteiger partial charge in [0.15, 0.2) is 0 Å². The molecule has 1 fully saturated rings. The topological polar surface area (TPSA) is 116 Å². The number of hydrogen-bond acceptors (Lipinski definition) is 8. The minimum atomic E-state index is -0.242. The average Bonchev–Trinajstić information content (AvgIpc) is 3.62. The number of benzene rings is 1. The van der Waals surface area contributed by atoms with E-state index in [1.165, 1.54) is 7.11 Å². The number of hydrogen-bond donors (Lipinski definition) is 1. The fourth-order valence-electron chi connectivity index (χ4n) is 4.47. The molecule has 0 spiro atoms. The van der Waals surface area contributed by atoms with Crippen LogP contribution in [0.5, 0.6) is 5.88 Å². The summed E-state index contributed by atoms with van der Waals surface area (Å²) in [6.45, 7) is 1.28. The Balaban J connectivity index is 1.38. The van der Waals surface area contributed by atoms with Gasteiger partial charge in [0.2, 0.25) is 5.88 Å². The van der Waals surface area contributed by atoms with Crippen molar-refractivity contribution in [3.8, 4) is 5.88 Å². The fraction of sp³-hybridized carbons (Fsp3) is 0.269. The summed E-state index contributed by atoms with van der Waals surface area (Å²) in [7, 11) is 1.54. The number of methoxy groups -OCH3 is 1. The van der Waals surface area contributed by atoms with Crippen LogP contribution in [-0.4, -0.2) is 33.0 Å². The highest BCUT2D eigenvalue weighted by molar-refractivity contribution is 6.06. The van der Waals surface area contributed by atoms with E-state index in [1.807, 2.05) is 24.3 Å². The highest BCUT2D eigenvalue weighted by Gasteiger charge is 2.28. The molecule has 35 heavy (non-hydrogen) atoms. The molecular formula is C26H24N6O3. The Morgan fingerprint density at radius 1 is 1.14 bits per heavy atom. The van der Waals surface area contributed by atoms with Gasteiger partial charge >= 0.3 is 0 Å². The Labute approximate surface area is 202 Å². The third-order valence-corrected chi connectivity index (χ3v) is 6.48. The van der Waals surface area contributed by atoms with Gasteiger partial charge in [0.1, 0.15) is 17.3 Å². The maximum atomic E-state index is 13.7. The number of rotatable bonds is 6. The van der Waals surface area contributed by atoms with Crippen LogP contribution in [0.2, 0.25) is 0 Å². The Morgan fingerprint density at radius 3 is 2.71 bits per heavy atom. The number of nitrogen functional groups attached to an aromatic ring is 1. The van der Waals surface area contributed by atoms with Gasteiger partial charge in [0.25, 0.3) is 5.91 Å². The maximum absolute atomic E-state index is 13.7. The zero-order chi connectivity index (χ0) is 23.9. The van der Waals surface area contributed by atoms with E-state index in [1.54, 1.807) is 29.6 Å². The van der Waals surface area contributed by atoms with E-state index in [0.717, 1.165) is 46.3 Å². The largest absolute Gasteiger partial charge is 0.480 e. The number of anilines is 2. The van der Waals surface area contributed by atoms with Crippen molar-refractivity contribution < 1.29 is 14.3 Å². The maximum Gasteiger partial charge on any atom is 0.261 e. The van der Waals surface area contributed by atoms with Gasteiger partial charge in [-0.15, -0.1) is 0 Å². The van der Waals surface area contributed by atoms with E-state index < -0.39 is 0 Å². The quantitative estimate of drug-likeness (QED) is 0.455. The normalized spacial score (nSPS) is 14.7. The molecule has 2 aliphatic rings. The van der Waals surface area contributed by atoms with Crippen molar-refractivity contribution >= 4 is 28.3 Å². The van der Waals surface area contributed by atoms with E-state index in [4.69, 9.17) is 15.2 Å². The van der Waals surface area contributed by atoms with E-state index in [-0.39, 0.29) is 12.5 Å². The molecule has 1 aliphatic carbocycles. The fourth-order valence-corrected chi connectivity index (χ4v) is 4.47. The predicted molar refractivity (Wildman–Crippen MR) is 130 cm³/mol. The third-order valence-electron chi connectivity index (χ3n) is 6.48. The molecule has 1 aliphatic heterocycles. The summed E-state index contributed by atoms with van der Waals surface area (Å²) >= 11 is 0. The van der Waals surface area contributed by atoms with Crippen LogP contribution in [-0.2, 0) is 24.5 Å². The van der Waals surface area contributed by atoms with Crippen LogP contribution < -0.4 is 15.4 Å². The Kier molecular flexibility index (Phi) is 5.26. The molecule has 0 atom stereocenters. The second kappa shape index (κ2) is 8.59. The molecule has 0 radical (unpaired) electrons. The van der Waals surface area contributed by atoms with Crippen molar-refractivity contribution in [3.63, 3.8) is 0 Å². The number of nitrogens with zero attached hydrogens (tertiary/aromatic N) is 5. The molecule has 1 amide bonds. The zero-order valence-corrected chi connectivity index (χ0v) is 19.3. The first-order valence-corrected chi connectivity index (χ1v) is 11.5. The van der Waals surface area contributed by atoms with Crippen molar-refractivity contribution in [2.75, 3.05) is 17.7 Å². The van der Waals surface area contributed by atoms with E-state index in [0.29, 0.717) is 42.1 Å². The number of amides is 1. The van der Waals surface area contributed by atoms with Crippen molar-refractivity contribution in [3.05, 3.63) is 77.0 Å². The van der Waals surface area contributed by atoms with Crippen molar-refractivity contribution in [2.45, 2.75) is 38.5 Å². The number of carbonyl (C=O) groups is 1. The van der Waals surface area contributed by atoms with Gasteiger partial charge in [-0.3, -0.25) is 9.69 Å². The lowest BCUT2D eigenvalue weighted by molar-refractivity contribution is 0.0983. The van der Waals surface area contributed by atoms with Crippen LogP contribution in [0.25, 0.3) is 10.9 Å². The Hall–Kier alpha value is -4.11. The van der Waals surface area contributed by atoms with Gasteiger partial charge < -0.3 is 15.2 Å². The van der Waals surface area contributed by atoms with Crippen LogP contribution >= 0.6 is 0 Å². The summed E-state index contributed by atoms with van der Waals surface area (Å²) in [5.41, 5.74) is 10.8. The molecule has 4 aromatic rings. The SMILES string of the molecule is COc1ncccc1N(Cc1ccc2c3c(c(N)nc2c1)COC3)C(=O)c1cnc(C2CC2)nc1. The first-order valence-electron chi connectivity index (χ1n) is 11.5. The lowest BCUT2D eigenvalue weighted by Gasteiger charge is -2.24. The standard InChI is InChI=1S/C26H24N6O3/c1-34-25-22(3-2-8-28-25)32(26(33)17-10-29-24(30-11-17)16-5-6-16)12-15-4-7-18-19-13-35-14-20(19)23(27)31-21(18)9-15/h2-4,7-11,16H,5-6,12-14H2,1H3,(H2,27,31). The van der Waals surface area contributed by atoms with Crippen LogP contribution in [0.3, 0.4) is 0 Å². The molecule has 6 rings (SSSR count). The van der Waals surface area contributed by atoms with Gasteiger partial charge in [-0.2, -0.15) is 0 Å². The van der Waals surface area contributed by atoms with Gasteiger partial charge in [0, 0.05) is 35.5 Å². The molecule has 1 saturated carbocycles. The second-order valence-electron chi connectivity index (χ2n) is 8.83.